The van der Waals surface area contributed by atoms with Gasteiger partial charge in [-0.2, -0.15) is 0 Å². The zero-order chi connectivity index (χ0) is 16.3. The van der Waals surface area contributed by atoms with Gasteiger partial charge in [-0.15, -0.1) is 0 Å². The van der Waals surface area contributed by atoms with Gasteiger partial charge in [0.15, 0.2) is 9.84 Å². The predicted molar refractivity (Wildman–Crippen MR) is 77.8 cm³/mol. The van der Waals surface area contributed by atoms with Crippen LogP contribution in [0.25, 0.3) is 0 Å². The maximum absolute atomic E-state index is 12.0. The van der Waals surface area contributed by atoms with E-state index < -0.39 is 27.7 Å². The molecule has 0 aromatic heterocycles. The number of carbonyl (C=O) groups excluding carboxylic acids is 3. The first kappa shape index (κ1) is 16.2. The number of benzene rings is 1. The summed E-state index contributed by atoms with van der Waals surface area (Å²) in [5.74, 6) is -1.40. The maximum Gasteiger partial charge on any atom is 0.251 e. The lowest BCUT2D eigenvalue weighted by atomic mass is 10.1. The molecule has 22 heavy (non-hydrogen) atoms. The molecule has 1 heterocycles. The van der Waals surface area contributed by atoms with Crippen molar-refractivity contribution in [1.82, 2.24) is 10.6 Å². The van der Waals surface area contributed by atoms with Crippen LogP contribution in [-0.2, 0) is 19.4 Å². The minimum atomic E-state index is -3.32. The van der Waals surface area contributed by atoms with Crippen LogP contribution in [0.5, 0.6) is 0 Å². The SMILES string of the molecule is CCS(=O)(=O)c1ccc(C(=O)NC2CCC(=O)NC2=O)cc1. The first-order valence-electron chi connectivity index (χ1n) is 6.81. The summed E-state index contributed by atoms with van der Waals surface area (Å²) < 4.78 is 23.4. The highest BCUT2D eigenvalue weighted by molar-refractivity contribution is 7.91. The molecule has 0 spiro atoms. The molecule has 1 aromatic rings. The van der Waals surface area contributed by atoms with Gasteiger partial charge in [0.1, 0.15) is 6.04 Å². The minimum absolute atomic E-state index is 0.0190. The average Bonchev–Trinajstić information content (AvgIpc) is 2.50. The lowest BCUT2D eigenvalue weighted by molar-refractivity contribution is -0.134. The first-order valence-corrected chi connectivity index (χ1v) is 8.46. The van der Waals surface area contributed by atoms with E-state index in [9.17, 15) is 22.8 Å². The summed E-state index contributed by atoms with van der Waals surface area (Å²) in [6, 6.07) is 4.74. The van der Waals surface area contributed by atoms with Crippen LogP contribution >= 0.6 is 0 Å². The van der Waals surface area contributed by atoms with Gasteiger partial charge in [-0.05, 0) is 30.7 Å². The zero-order valence-corrected chi connectivity index (χ0v) is 12.8. The number of rotatable bonds is 4. The van der Waals surface area contributed by atoms with E-state index in [1.807, 2.05) is 0 Å². The Kier molecular flexibility index (Phi) is 4.60. The van der Waals surface area contributed by atoms with E-state index in [0.717, 1.165) is 0 Å². The molecule has 7 nitrogen and oxygen atoms in total. The Bertz CT molecular complexity index is 709. The highest BCUT2D eigenvalue weighted by atomic mass is 32.2. The molecule has 8 heteroatoms. The Morgan fingerprint density at radius 3 is 2.45 bits per heavy atom. The number of imide groups is 1. The Morgan fingerprint density at radius 2 is 1.91 bits per heavy atom. The number of piperidine rings is 1. The molecular formula is C14H16N2O5S. The number of hydrogen-bond acceptors (Lipinski definition) is 5. The fourth-order valence-electron chi connectivity index (χ4n) is 2.05. The third kappa shape index (κ3) is 3.51. The minimum Gasteiger partial charge on any atom is -0.340 e. The van der Waals surface area contributed by atoms with E-state index in [1.165, 1.54) is 24.3 Å². The van der Waals surface area contributed by atoms with Crippen LogP contribution in [0, 0.1) is 0 Å². The van der Waals surface area contributed by atoms with Crippen molar-refractivity contribution < 1.29 is 22.8 Å². The van der Waals surface area contributed by atoms with Crippen molar-refractivity contribution in [2.75, 3.05) is 5.75 Å². The fraction of sp³-hybridized carbons (Fsp3) is 0.357. The second kappa shape index (κ2) is 6.27. The number of sulfone groups is 1. The van der Waals surface area contributed by atoms with Gasteiger partial charge in [0.25, 0.3) is 5.91 Å². The molecule has 1 unspecified atom stereocenters. The molecule has 1 atom stereocenters. The fourth-order valence-corrected chi connectivity index (χ4v) is 2.94. The van der Waals surface area contributed by atoms with E-state index in [1.54, 1.807) is 6.92 Å². The number of hydrogen-bond donors (Lipinski definition) is 2. The molecule has 2 rings (SSSR count). The molecule has 1 aliphatic rings. The Balaban J connectivity index is 2.07. The third-order valence-electron chi connectivity index (χ3n) is 3.40. The lowest BCUT2D eigenvalue weighted by Gasteiger charge is -2.21. The van der Waals surface area contributed by atoms with E-state index in [2.05, 4.69) is 10.6 Å². The molecule has 2 N–H and O–H groups in total. The van der Waals surface area contributed by atoms with E-state index >= 15 is 0 Å². The molecule has 3 amide bonds. The summed E-state index contributed by atoms with van der Waals surface area (Å²) in [4.78, 5) is 34.8. The van der Waals surface area contributed by atoms with Gasteiger partial charge in [-0.3, -0.25) is 19.7 Å². The van der Waals surface area contributed by atoms with E-state index in [4.69, 9.17) is 0 Å². The Hall–Kier alpha value is -2.22. The normalized spacial score (nSPS) is 18.7. The number of carbonyl (C=O) groups is 3. The van der Waals surface area contributed by atoms with Gasteiger partial charge >= 0.3 is 0 Å². The van der Waals surface area contributed by atoms with Crippen LogP contribution < -0.4 is 10.6 Å². The molecular weight excluding hydrogens is 308 g/mol. The second-order valence-electron chi connectivity index (χ2n) is 4.90. The molecule has 1 aliphatic heterocycles. The quantitative estimate of drug-likeness (QED) is 0.759. The molecule has 1 saturated heterocycles. The summed E-state index contributed by atoms with van der Waals surface area (Å²) in [6.45, 7) is 1.54. The Labute approximate surface area is 128 Å². The van der Waals surface area contributed by atoms with Crippen LogP contribution in [0.15, 0.2) is 29.2 Å². The predicted octanol–water partition coefficient (Wildman–Crippen LogP) is 0.0152. The van der Waals surface area contributed by atoms with Crippen LogP contribution in [-0.4, -0.2) is 37.9 Å². The lowest BCUT2D eigenvalue weighted by Crippen LogP contribution is -2.52. The van der Waals surface area contributed by atoms with Crippen molar-refractivity contribution in [2.45, 2.75) is 30.7 Å². The number of amides is 3. The van der Waals surface area contributed by atoms with Gasteiger partial charge in [0.2, 0.25) is 11.8 Å². The monoisotopic (exact) mass is 324 g/mol. The largest absolute Gasteiger partial charge is 0.340 e. The summed E-state index contributed by atoms with van der Waals surface area (Å²) in [5.41, 5.74) is 0.250. The topological polar surface area (TPSA) is 109 Å². The summed E-state index contributed by atoms with van der Waals surface area (Å²) in [5, 5.41) is 4.68. The third-order valence-corrected chi connectivity index (χ3v) is 5.15. The van der Waals surface area contributed by atoms with Crippen LogP contribution in [0.3, 0.4) is 0 Å². The van der Waals surface area contributed by atoms with Crippen LogP contribution in [0.4, 0.5) is 0 Å². The Morgan fingerprint density at radius 1 is 1.27 bits per heavy atom. The highest BCUT2D eigenvalue weighted by Gasteiger charge is 2.28. The highest BCUT2D eigenvalue weighted by Crippen LogP contribution is 2.13. The van der Waals surface area contributed by atoms with Gasteiger partial charge in [0.05, 0.1) is 10.6 Å². The standard InChI is InChI=1S/C14H16N2O5S/c1-2-22(20,21)10-5-3-9(4-6-10)13(18)15-11-7-8-12(17)16-14(11)19/h3-6,11H,2,7-8H2,1H3,(H,15,18)(H,16,17,19). The summed E-state index contributed by atoms with van der Waals surface area (Å²) >= 11 is 0. The van der Waals surface area contributed by atoms with Crippen molar-refractivity contribution in [2.24, 2.45) is 0 Å². The van der Waals surface area contributed by atoms with Gasteiger partial charge in [-0.1, -0.05) is 6.92 Å². The van der Waals surface area contributed by atoms with E-state index in [0.29, 0.717) is 0 Å². The average molecular weight is 324 g/mol. The van der Waals surface area contributed by atoms with Crippen molar-refractivity contribution in [3.63, 3.8) is 0 Å². The van der Waals surface area contributed by atoms with Crippen LogP contribution in [0.2, 0.25) is 0 Å². The molecule has 1 fully saturated rings. The smallest absolute Gasteiger partial charge is 0.251 e. The summed E-state index contributed by atoms with van der Waals surface area (Å²) in [7, 11) is -3.32. The van der Waals surface area contributed by atoms with Gasteiger partial charge in [-0.25, -0.2) is 8.42 Å². The van der Waals surface area contributed by atoms with Crippen molar-refractivity contribution in [3.8, 4) is 0 Å². The second-order valence-corrected chi connectivity index (χ2v) is 7.18. The van der Waals surface area contributed by atoms with Crippen molar-refractivity contribution in [1.29, 1.82) is 0 Å². The molecule has 0 radical (unpaired) electrons. The summed E-state index contributed by atoms with van der Waals surface area (Å²) in [6.07, 6.45) is 0.420. The molecule has 0 bridgehead atoms. The van der Waals surface area contributed by atoms with Gasteiger partial charge in [0, 0.05) is 12.0 Å². The maximum atomic E-state index is 12.0. The molecule has 118 valence electrons. The van der Waals surface area contributed by atoms with Crippen LogP contribution in [0.1, 0.15) is 30.1 Å². The van der Waals surface area contributed by atoms with Crippen molar-refractivity contribution >= 4 is 27.6 Å². The van der Waals surface area contributed by atoms with Crippen molar-refractivity contribution in [3.05, 3.63) is 29.8 Å². The van der Waals surface area contributed by atoms with E-state index in [-0.39, 0.29) is 35.0 Å². The molecule has 1 aromatic carbocycles. The first-order chi connectivity index (χ1) is 10.3. The molecule has 0 aliphatic carbocycles. The zero-order valence-electron chi connectivity index (χ0n) is 12.0. The van der Waals surface area contributed by atoms with Gasteiger partial charge < -0.3 is 5.32 Å². The number of nitrogens with one attached hydrogen (secondary N) is 2. The molecule has 0 saturated carbocycles.